The maximum atomic E-state index is 11.7. The summed E-state index contributed by atoms with van der Waals surface area (Å²) in [5, 5.41) is 0. The van der Waals surface area contributed by atoms with E-state index in [1.807, 2.05) is 6.92 Å². The number of aldehydes is 1. The number of ether oxygens (including phenoxy) is 1. The Morgan fingerprint density at radius 1 is 1.47 bits per heavy atom. The van der Waals surface area contributed by atoms with Crippen molar-refractivity contribution in [3.8, 4) is 0 Å². The summed E-state index contributed by atoms with van der Waals surface area (Å²) in [6, 6.07) is 0. The second-order valence-electron chi connectivity index (χ2n) is 3.34. The third kappa shape index (κ3) is 2.33. The lowest BCUT2D eigenvalue weighted by Crippen LogP contribution is -2.10. The summed E-state index contributed by atoms with van der Waals surface area (Å²) < 4.78 is 5.05. The number of aryl methyl sites for hydroxylation is 1. The molecular weight excluding hydrogens is 194 g/mol. The number of hydrogen-bond donors (Lipinski definition) is 1. The normalized spacial score (nSPS) is 10.3. The van der Waals surface area contributed by atoms with Crippen LogP contribution in [0.3, 0.4) is 0 Å². The number of carbonyl (C=O) groups excluding carboxylic acids is 2. The van der Waals surface area contributed by atoms with E-state index in [-0.39, 0.29) is 12.4 Å². The number of ketones is 1. The van der Waals surface area contributed by atoms with Gasteiger partial charge < -0.3 is 9.72 Å². The Morgan fingerprint density at radius 2 is 2.13 bits per heavy atom. The molecule has 0 radical (unpaired) electrons. The van der Waals surface area contributed by atoms with E-state index in [1.54, 1.807) is 13.8 Å². The molecule has 82 valence electrons. The highest BCUT2D eigenvalue weighted by atomic mass is 16.5. The average Bonchev–Trinajstić information content (AvgIpc) is 2.50. The number of H-pyrrole nitrogens is 1. The van der Waals surface area contributed by atoms with Gasteiger partial charge in [-0.15, -0.1) is 0 Å². The highest BCUT2D eigenvalue weighted by Gasteiger charge is 2.17. The molecular formula is C11H15NO3. The molecule has 0 atom stereocenters. The topological polar surface area (TPSA) is 59.2 Å². The molecule has 0 saturated heterocycles. The highest BCUT2D eigenvalue weighted by molar-refractivity contribution is 6.01. The Morgan fingerprint density at radius 3 is 2.60 bits per heavy atom. The van der Waals surface area contributed by atoms with Crippen molar-refractivity contribution in [1.82, 2.24) is 4.98 Å². The monoisotopic (exact) mass is 209 g/mol. The van der Waals surface area contributed by atoms with Gasteiger partial charge in [0.1, 0.15) is 6.61 Å². The van der Waals surface area contributed by atoms with Crippen molar-refractivity contribution in [3.63, 3.8) is 0 Å². The first-order chi connectivity index (χ1) is 7.11. The van der Waals surface area contributed by atoms with Crippen LogP contribution in [0.15, 0.2) is 0 Å². The second kappa shape index (κ2) is 4.89. The van der Waals surface area contributed by atoms with Crippen molar-refractivity contribution >= 4 is 12.1 Å². The van der Waals surface area contributed by atoms with Crippen LogP contribution in [0.2, 0.25) is 0 Å². The summed E-state index contributed by atoms with van der Waals surface area (Å²) in [7, 11) is 0. The van der Waals surface area contributed by atoms with Crippen LogP contribution in [0.5, 0.6) is 0 Å². The Hall–Kier alpha value is -1.42. The molecule has 0 unspecified atom stereocenters. The Bertz CT molecular complexity index is 379. The van der Waals surface area contributed by atoms with Crippen molar-refractivity contribution in [2.24, 2.45) is 0 Å². The Labute approximate surface area is 88.6 Å². The van der Waals surface area contributed by atoms with E-state index in [0.29, 0.717) is 23.4 Å². The van der Waals surface area contributed by atoms with Gasteiger partial charge in [-0.3, -0.25) is 9.59 Å². The molecule has 1 aromatic heterocycles. The molecule has 0 aromatic carbocycles. The standard InChI is InChI=1S/C11H15NO3/c1-4-15-6-10(14)11-7(2)9(5-13)12-8(11)3/h5,12H,4,6H2,1-3H3. The molecule has 0 amide bonds. The van der Waals surface area contributed by atoms with Gasteiger partial charge in [0.25, 0.3) is 0 Å². The van der Waals surface area contributed by atoms with Gasteiger partial charge in [0.2, 0.25) is 0 Å². The van der Waals surface area contributed by atoms with Crippen LogP contribution in [-0.4, -0.2) is 30.3 Å². The minimum atomic E-state index is -0.0869. The number of nitrogens with one attached hydrogen (secondary N) is 1. The van der Waals surface area contributed by atoms with E-state index in [1.165, 1.54) is 0 Å². The fourth-order valence-electron chi connectivity index (χ4n) is 1.58. The molecule has 1 rings (SSSR count). The average molecular weight is 209 g/mol. The summed E-state index contributed by atoms with van der Waals surface area (Å²) >= 11 is 0. The predicted octanol–water partition coefficient (Wildman–Crippen LogP) is 1.66. The number of Topliss-reactive ketones (excluding diaryl/α,β-unsaturated/α-hetero) is 1. The van der Waals surface area contributed by atoms with Gasteiger partial charge in [-0.2, -0.15) is 0 Å². The summed E-state index contributed by atoms with van der Waals surface area (Å²) in [5.41, 5.74) is 2.46. The number of carbonyl (C=O) groups is 2. The molecule has 0 spiro atoms. The SMILES string of the molecule is CCOCC(=O)c1c(C)[nH]c(C=O)c1C. The van der Waals surface area contributed by atoms with Crippen LogP contribution >= 0.6 is 0 Å². The van der Waals surface area contributed by atoms with Gasteiger partial charge in [-0.05, 0) is 26.3 Å². The lowest BCUT2D eigenvalue weighted by Gasteiger charge is -2.01. The van der Waals surface area contributed by atoms with E-state index in [9.17, 15) is 9.59 Å². The molecule has 4 heteroatoms. The van der Waals surface area contributed by atoms with Crippen molar-refractivity contribution in [3.05, 3.63) is 22.5 Å². The quantitative estimate of drug-likeness (QED) is 0.592. The van der Waals surface area contributed by atoms with Crippen LogP contribution < -0.4 is 0 Å². The molecule has 1 heterocycles. The summed E-state index contributed by atoms with van der Waals surface area (Å²) in [5.74, 6) is -0.0869. The van der Waals surface area contributed by atoms with E-state index < -0.39 is 0 Å². The van der Waals surface area contributed by atoms with Crippen molar-refractivity contribution < 1.29 is 14.3 Å². The predicted molar refractivity (Wildman–Crippen MR) is 56.5 cm³/mol. The number of aromatic amines is 1. The number of aromatic nitrogens is 1. The van der Waals surface area contributed by atoms with Crippen LogP contribution in [0, 0.1) is 13.8 Å². The molecule has 0 aliphatic rings. The fraction of sp³-hybridized carbons (Fsp3) is 0.455. The molecule has 0 fully saturated rings. The summed E-state index contributed by atoms with van der Waals surface area (Å²) in [6.07, 6.45) is 0.722. The third-order valence-electron chi connectivity index (χ3n) is 2.31. The van der Waals surface area contributed by atoms with Gasteiger partial charge >= 0.3 is 0 Å². The van der Waals surface area contributed by atoms with E-state index in [4.69, 9.17) is 4.74 Å². The molecule has 0 aliphatic heterocycles. The zero-order valence-electron chi connectivity index (χ0n) is 9.22. The van der Waals surface area contributed by atoms with Crippen molar-refractivity contribution in [2.45, 2.75) is 20.8 Å². The molecule has 4 nitrogen and oxygen atoms in total. The maximum Gasteiger partial charge on any atom is 0.190 e. The second-order valence-corrected chi connectivity index (χ2v) is 3.34. The number of rotatable bonds is 5. The van der Waals surface area contributed by atoms with Crippen LogP contribution in [0.4, 0.5) is 0 Å². The zero-order valence-corrected chi connectivity index (χ0v) is 9.22. The molecule has 0 saturated carbocycles. The lowest BCUT2D eigenvalue weighted by molar-refractivity contribution is 0.0782. The van der Waals surface area contributed by atoms with Crippen molar-refractivity contribution in [1.29, 1.82) is 0 Å². The fourth-order valence-corrected chi connectivity index (χ4v) is 1.58. The van der Waals surface area contributed by atoms with E-state index in [2.05, 4.69) is 4.98 Å². The minimum Gasteiger partial charge on any atom is -0.374 e. The molecule has 0 aliphatic carbocycles. The Kier molecular flexibility index (Phi) is 3.80. The van der Waals surface area contributed by atoms with Gasteiger partial charge in [-0.25, -0.2) is 0 Å². The van der Waals surface area contributed by atoms with E-state index in [0.717, 1.165) is 12.0 Å². The van der Waals surface area contributed by atoms with Gasteiger partial charge in [0.05, 0.1) is 5.69 Å². The first kappa shape index (κ1) is 11.7. The number of hydrogen-bond acceptors (Lipinski definition) is 3. The van der Waals surface area contributed by atoms with Crippen LogP contribution in [0.1, 0.15) is 39.0 Å². The molecule has 15 heavy (non-hydrogen) atoms. The first-order valence-corrected chi connectivity index (χ1v) is 4.87. The lowest BCUT2D eigenvalue weighted by atomic mass is 10.1. The Balaban J connectivity index is 2.98. The highest BCUT2D eigenvalue weighted by Crippen LogP contribution is 2.17. The zero-order chi connectivity index (χ0) is 11.4. The molecule has 1 N–H and O–H groups in total. The van der Waals surface area contributed by atoms with Crippen molar-refractivity contribution in [2.75, 3.05) is 13.2 Å². The maximum absolute atomic E-state index is 11.7. The van der Waals surface area contributed by atoms with Crippen LogP contribution in [0.25, 0.3) is 0 Å². The first-order valence-electron chi connectivity index (χ1n) is 4.87. The largest absolute Gasteiger partial charge is 0.374 e. The summed E-state index contributed by atoms with van der Waals surface area (Å²) in [6.45, 7) is 5.94. The smallest absolute Gasteiger partial charge is 0.190 e. The third-order valence-corrected chi connectivity index (χ3v) is 2.31. The molecule has 1 aromatic rings. The summed E-state index contributed by atoms with van der Waals surface area (Å²) in [4.78, 5) is 25.2. The molecule has 0 bridgehead atoms. The van der Waals surface area contributed by atoms with Gasteiger partial charge in [0, 0.05) is 17.9 Å². The van der Waals surface area contributed by atoms with Gasteiger partial charge in [-0.1, -0.05) is 0 Å². The van der Waals surface area contributed by atoms with Gasteiger partial charge in [0.15, 0.2) is 12.1 Å². The van der Waals surface area contributed by atoms with Crippen LogP contribution in [-0.2, 0) is 4.74 Å². The van der Waals surface area contributed by atoms with E-state index >= 15 is 0 Å². The minimum absolute atomic E-state index is 0.0638.